The molecule has 112 valence electrons. The first-order valence-corrected chi connectivity index (χ1v) is 7.60. The van der Waals surface area contributed by atoms with Gasteiger partial charge in [0.15, 0.2) is 0 Å². The molecule has 4 heteroatoms. The monoisotopic (exact) mass is 271 g/mol. The third-order valence-electron chi connectivity index (χ3n) is 3.87. The third-order valence-corrected chi connectivity index (χ3v) is 3.87. The van der Waals surface area contributed by atoms with E-state index >= 15 is 0 Å². The number of hydrogen-bond donors (Lipinski definition) is 2. The molecule has 1 aliphatic rings. The summed E-state index contributed by atoms with van der Waals surface area (Å²) in [7, 11) is 0. The molecule has 2 atom stereocenters. The zero-order chi connectivity index (χ0) is 14.3. The highest BCUT2D eigenvalue weighted by atomic mass is 16.5. The first-order valence-electron chi connectivity index (χ1n) is 7.60. The number of hydrogen-bond acceptors (Lipinski definition) is 3. The molecule has 0 aromatic heterocycles. The minimum absolute atomic E-state index is 0.104. The van der Waals surface area contributed by atoms with Gasteiger partial charge in [-0.25, -0.2) is 0 Å². The quantitative estimate of drug-likeness (QED) is 0.633. The van der Waals surface area contributed by atoms with Gasteiger partial charge in [-0.15, -0.1) is 0 Å². The van der Waals surface area contributed by atoms with Crippen LogP contribution in [-0.4, -0.2) is 35.9 Å². The zero-order valence-corrected chi connectivity index (χ0v) is 12.6. The van der Waals surface area contributed by atoms with Crippen LogP contribution in [-0.2, 0) is 9.53 Å². The molecule has 2 unspecified atom stereocenters. The van der Waals surface area contributed by atoms with E-state index in [4.69, 9.17) is 4.74 Å². The van der Waals surface area contributed by atoms with Crippen molar-refractivity contribution in [3.63, 3.8) is 0 Å². The number of rotatable bonds is 9. The van der Waals surface area contributed by atoms with Gasteiger partial charge < -0.3 is 15.2 Å². The summed E-state index contributed by atoms with van der Waals surface area (Å²) in [6.07, 6.45) is 5.43. The Labute approximate surface area is 116 Å². The van der Waals surface area contributed by atoms with E-state index in [1.807, 2.05) is 0 Å². The molecule has 0 aromatic rings. The van der Waals surface area contributed by atoms with E-state index in [2.05, 4.69) is 26.1 Å². The Bertz CT molecular complexity index is 281. The number of ether oxygens (including phenoxy) is 1. The molecule has 0 spiro atoms. The van der Waals surface area contributed by atoms with E-state index in [0.29, 0.717) is 18.8 Å². The van der Waals surface area contributed by atoms with Crippen LogP contribution in [0.4, 0.5) is 0 Å². The normalized spacial score (nSPS) is 27.1. The third kappa shape index (κ3) is 5.11. The molecule has 0 radical (unpaired) electrons. The molecule has 0 saturated heterocycles. The summed E-state index contributed by atoms with van der Waals surface area (Å²) in [5, 5.41) is 12.6. The molecule has 19 heavy (non-hydrogen) atoms. The first-order chi connectivity index (χ1) is 9.00. The lowest BCUT2D eigenvalue weighted by Crippen LogP contribution is -2.50. The summed E-state index contributed by atoms with van der Waals surface area (Å²) in [5.74, 6) is -0.0225. The number of carbonyl (C=O) groups is 1. The summed E-state index contributed by atoms with van der Waals surface area (Å²) in [6, 6.07) is 0. The number of nitrogens with one attached hydrogen (secondary N) is 1. The lowest BCUT2D eigenvalue weighted by Gasteiger charge is -2.25. The molecule has 0 heterocycles. The van der Waals surface area contributed by atoms with Crippen molar-refractivity contribution in [1.29, 1.82) is 0 Å². The van der Waals surface area contributed by atoms with Crippen LogP contribution >= 0.6 is 0 Å². The van der Waals surface area contributed by atoms with Crippen molar-refractivity contribution < 1.29 is 14.6 Å². The molecular weight excluding hydrogens is 242 g/mol. The van der Waals surface area contributed by atoms with Gasteiger partial charge in [0.25, 0.3) is 0 Å². The maximum absolute atomic E-state index is 11.5. The van der Waals surface area contributed by atoms with Gasteiger partial charge in [0.05, 0.1) is 6.10 Å². The van der Waals surface area contributed by atoms with Crippen LogP contribution in [0.15, 0.2) is 0 Å². The lowest BCUT2D eigenvalue weighted by atomic mass is 9.97. The second-order valence-corrected chi connectivity index (χ2v) is 6.09. The standard InChI is InChI=1S/C15H29NO3/c1-4-9-16-15(14(17)18)8-7-13(11-15)19-10-5-6-12(2)3/h12-13,16H,4-11H2,1-3H3,(H,17,18). The Morgan fingerprint density at radius 2 is 2.26 bits per heavy atom. The summed E-state index contributed by atoms with van der Waals surface area (Å²) in [4.78, 5) is 11.5. The molecule has 2 N–H and O–H groups in total. The molecule has 0 aliphatic heterocycles. The fourth-order valence-electron chi connectivity index (χ4n) is 2.68. The first kappa shape index (κ1) is 16.4. The number of carboxylic acids is 1. The Balaban J connectivity index is 2.34. The minimum atomic E-state index is -0.751. The van der Waals surface area contributed by atoms with Gasteiger partial charge in [0.1, 0.15) is 5.54 Å². The molecular formula is C15H29NO3. The van der Waals surface area contributed by atoms with E-state index in [1.165, 1.54) is 6.42 Å². The van der Waals surface area contributed by atoms with E-state index in [9.17, 15) is 9.90 Å². The van der Waals surface area contributed by atoms with Crippen LogP contribution in [0.2, 0.25) is 0 Å². The van der Waals surface area contributed by atoms with Crippen molar-refractivity contribution in [3.8, 4) is 0 Å². The van der Waals surface area contributed by atoms with Crippen molar-refractivity contribution >= 4 is 5.97 Å². The fourth-order valence-corrected chi connectivity index (χ4v) is 2.68. The minimum Gasteiger partial charge on any atom is -0.480 e. The largest absolute Gasteiger partial charge is 0.480 e. The van der Waals surface area contributed by atoms with E-state index in [-0.39, 0.29) is 6.10 Å². The number of aliphatic carboxylic acids is 1. The van der Waals surface area contributed by atoms with Gasteiger partial charge in [-0.3, -0.25) is 4.79 Å². The van der Waals surface area contributed by atoms with Gasteiger partial charge in [-0.1, -0.05) is 20.8 Å². The highest BCUT2D eigenvalue weighted by Gasteiger charge is 2.45. The molecule has 1 fully saturated rings. The summed E-state index contributed by atoms with van der Waals surface area (Å²) in [5.41, 5.74) is -0.751. The average molecular weight is 271 g/mol. The highest BCUT2D eigenvalue weighted by molar-refractivity contribution is 5.79. The van der Waals surface area contributed by atoms with Crippen molar-refractivity contribution in [2.75, 3.05) is 13.2 Å². The maximum atomic E-state index is 11.5. The van der Waals surface area contributed by atoms with Crippen molar-refractivity contribution in [2.24, 2.45) is 5.92 Å². The van der Waals surface area contributed by atoms with Gasteiger partial charge >= 0.3 is 5.97 Å². The summed E-state index contributed by atoms with van der Waals surface area (Å²) >= 11 is 0. The zero-order valence-electron chi connectivity index (χ0n) is 12.6. The maximum Gasteiger partial charge on any atom is 0.323 e. The van der Waals surface area contributed by atoms with E-state index < -0.39 is 11.5 Å². The summed E-state index contributed by atoms with van der Waals surface area (Å²) in [6.45, 7) is 7.98. The Kier molecular flexibility index (Phi) is 6.80. The predicted octanol–water partition coefficient (Wildman–Crippen LogP) is 2.81. The van der Waals surface area contributed by atoms with Crippen molar-refractivity contribution in [3.05, 3.63) is 0 Å². The van der Waals surface area contributed by atoms with Crippen LogP contribution in [0.25, 0.3) is 0 Å². The fraction of sp³-hybridized carbons (Fsp3) is 0.933. The molecule has 1 saturated carbocycles. The second-order valence-electron chi connectivity index (χ2n) is 6.09. The molecule has 0 bridgehead atoms. The summed E-state index contributed by atoms with van der Waals surface area (Å²) < 4.78 is 5.84. The SMILES string of the molecule is CCCNC1(C(=O)O)CCC(OCCCC(C)C)C1. The van der Waals surface area contributed by atoms with E-state index in [0.717, 1.165) is 32.4 Å². The van der Waals surface area contributed by atoms with Crippen LogP contribution in [0.3, 0.4) is 0 Å². The van der Waals surface area contributed by atoms with Gasteiger partial charge in [0, 0.05) is 13.0 Å². The molecule has 4 nitrogen and oxygen atoms in total. The van der Waals surface area contributed by atoms with Crippen LogP contribution < -0.4 is 5.32 Å². The smallest absolute Gasteiger partial charge is 0.323 e. The Hall–Kier alpha value is -0.610. The second kappa shape index (κ2) is 7.85. The predicted molar refractivity (Wildman–Crippen MR) is 76.3 cm³/mol. The van der Waals surface area contributed by atoms with Crippen LogP contribution in [0.1, 0.15) is 59.3 Å². The number of carboxylic acid groups (broad SMARTS) is 1. The van der Waals surface area contributed by atoms with Crippen molar-refractivity contribution in [1.82, 2.24) is 5.32 Å². The highest BCUT2D eigenvalue weighted by Crippen LogP contribution is 2.32. The van der Waals surface area contributed by atoms with Gasteiger partial charge in [-0.2, -0.15) is 0 Å². The molecule has 1 rings (SSSR count). The topological polar surface area (TPSA) is 58.6 Å². The van der Waals surface area contributed by atoms with Gasteiger partial charge in [0.2, 0.25) is 0 Å². The van der Waals surface area contributed by atoms with E-state index in [1.54, 1.807) is 0 Å². The van der Waals surface area contributed by atoms with Crippen molar-refractivity contribution in [2.45, 2.75) is 70.9 Å². The molecule has 1 aliphatic carbocycles. The van der Waals surface area contributed by atoms with Gasteiger partial charge in [-0.05, 0) is 44.6 Å². The lowest BCUT2D eigenvalue weighted by molar-refractivity contribution is -0.145. The van der Waals surface area contributed by atoms with Crippen LogP contribution in [0.5, 0.6) is 0 Å². The molecule has 0 aromatic carbocycles. The average Bonchev–Trinajstić information content (AvgIpc) is 2.77. The Morgan fingerprint density at radius 3 is 2.84 bits per heavy atom. The van der Waals surface area contributed by atoms with Crippen LogP contribution in [0, 0.1) is 5.92 Å². The molecule has 0 amide bonds. The Morgan fingerprint density at radius 1 is 1.53 bits per heavy atom.